The van der Waals surface area contributed by atoms with Gasteiger partial charge in [0.05, 0.1) is 13.3 Å². The van der Waals surface area contributed by atoms with Crippen LogP contribution in [0.5, 0.6) is 5.75 Å². The van der Waals surface area contributed by atoms with Crippen molar-refractivity contribution in [3.05, 3.63) is 22.2 Å². The van der Waals surface area contributed by atoms with Gasteiger partial charge in [0.25, 0.3) is 0 Å². The third-order valence-electron chi connectivity index (χ3n) is 2.58. The van der Waals surface area contributed by atoms with E-state index in [1.807, 2.05) is 0 Å². The number of rotatable bonds is 1. The van der Waals surface area contributed by atoms with Crippen LogP contribution in [0.15, 0.2) is 16.6 Å². The van der Waals surface area contributed by atoms with Crippen molar-refractivity contribution in [2.45, 2.75) is 39.3 Å². The number of benzene rings is 1. The quantitative estimate of drug-likeness (QED) is 0.787. The summed E-state index contributed by atoms with van der Waals surface area (Å²) in [5.74, 6) is 0.418. The van der Waals surface area contributed by atoms with Gasteiger partial charge in [0.1, 0.15) is 5.75 Å². The average Bonchev–Trinajstić information content (AvgIpc) is 2.06. The highest BCUT2D eigenvalue weighted by Gasteiger charge is 2.21. The molecule has 0 atom stereocenters. The van der Waals surface area contributed by atoms with Crippen molar-refractivity contribution in [3.63, 3.8) is 0 Å². The summed E-state index contributed by atoms with van der Waals surface area (Å²) in [5, 5.41) is 11.4. The predicted molar refractivity (Wildman–Crippen MR) is 73.0 cm³/mol. The highest BCUT2D eigenvalue weighted by Crippen LogP contribution is 2.34. The van der Waals surface area contributed by atoms with E-state index in [2.05, 4.69) is 61.9 Å². The Hall–Kier alpha value is -0.283. The number of aromatic hydroxyl groups is 1. The van der Waals surface area contributed by atoms with Crippen molar-refractivity contribution < 1.29 is 5.11 Å². The molecule has 15 heavy (non-hydrogen) atoms. The van der Waals surface area contributed by atoms with Gasteiger partial charge in [-0.05, 0) is 26.5 Å². The van der Waals surface area contributed by atoms with Crippen LogP contribution < -0.4 is 5.19 Å². The molecule has 0 aliphatic carbocycles. The molecule has 0 radical (unpaired) electrons. The summed E-state index contributed by atoms with van der Waals surface area (Å²) in [6.45, 7) is 10.9. The molecular formula is C12H19BrOSi. The van der Waals surface area contributed by atoms with Crippen LogP contribution in [0.4, 0.5) is 0 Å². The fourth-order valence-corrected chi connectivity index (χ4v) is 4.48. The van der Waals surface area contributed by atoms with E-state index >= 15 is 0 Å². The van der Waals surface area contributed by atoms with Crippen LogP contribution in [0.25, 0.3) is 0 Å². The van der Waals surface area contributed by atoms with Crippen molar-refractivity contribution in [1.29, 1.82) is 0 Å². The molecular weight excluding hydrogens is 268 g/mol. The van der Waals surface area contributed by atoms with Crippen LogP contribution in [-0.4, -0.2) is 13.9 Å². The predicted octanol–water partition coefficient (Wildman–Crippen LogP) is 3.15. The molecule has 1 aromatic rings. The molecule has 1 rings (SSSR count). The second-order valence-electron chi connectivity index (χ2n) is 5.27. The minimum Gasteiger partial charge on any atom is -0.506 e. The Morgan fingerprint density at radius 3 is 2.13 bits per heavy atom. The van der Waals surface area contributed by atoms with Crippen molar-refractivity contribution in [1.82, 2.24) is 0 Å². The lowest BCUT2D eigenvalue weighted by Gasteiger charge is -2.22. The van der Waals surface area contributed by atoms with Crippen LogP contribution in [0.3, 0.4) is 0 Å². The normalized spacial score (nSPS) is 12.2. The van der Waals surface area contributed by atoms with Gasteiger partial charge in [-0.15, -0.1) is 0 Å². The van der Waals surface area contributed by atoms with Crippen LogP contribution in [0, 0.1) is 0 Å². The number of hydrogen-bond donors (Lipinski definition) is 1. The second kappa shape index (κ2) is 4.30. The summed E-state index contributed by atoms with van der Waals surface area (Å²) < 4.78 is 0.900. The Bertz CT molecular complexity index is 367. The smallest absolute Gasteiger partial charge is 0.133 e. The first-order valence-electron chi connectivity index (χ1n) is 5.27. The van der Waals surface area contributed by atoms with Gasteiger partial charge in [0, 0.05) is 5.56 Å². The van der Waals surface area contributed by atoms with Crippen molar-refractivity contribution >= 4 is 29.9 Å². The summed E-state index contributed by atoms with van der Waals surface area (Å²) in [4.78, 5) is 0. The van der Waals surface area contributed by atoms with E-state index in [1.54, 1.807) is 0 Å². The zero-order valence-electron chi connectivity index (χ0n) is 10.1. The molecule has 0 aliphatic heterocycles. The van der Waals surface area contributed by atoms with Gasteiger partial charge in [0.15, 0.2) is 0 Å². The van der Waals surface area contributed by atoms with Crippen molar-refractivity contribution in [2.24, 2.45) is 0 Å². The molecule has 0 aliphatic rings. The Morgan fingerprint density at radius 2 is 1.73 bits per heavy atom. The maximum absolute atomic E-state index is 10.1. The van der Waals surface area contributed by atoms with Gasteiger partial charge in [-0.2, -0.15) is 0 Å². The van der Waals surface area contributed by atoms with E-state index in [9.17, 15) is 5.11 Å². The van der Waals surface area contributed by atoms with Gasteiger partial charge in [-0.3, -0.25) is 0 Å². The maximum Gasteiger partial charge on any atom is 0.133 e. The fraction of sp³-hybridized carbons (Fsp3) is 0.500. The molecule has 1 aromatic carbocycles. The molecule has 1 N–H and O–H groups in total. The van der Waals surface area contributed by atoms with Crippen LogP contribution in [0.1, 0.15) is 26.3 Å². The summed E-state index contributed by atoms with van der Waals surface area (Å²) in [7, 11) is -0.878. The maximum atomic E-state index is 10.1. The minimum atomic E-state index is -0.878. The molecule has 0 saturated carbocycles. The molecule has 1 nitrogen and oxygen atoms in total. The first-order chi connectivity index (χ1) is 6.75. The lowest BCUT2D eigenvalue weighted by Crippen LogP contribution is -2.25. The summed E-state index contributed by atoms with van der Waals surface area (Å²) in [6, 6.07) is 4.21. The highest BCUT2D eigenvalue weighted by atomic mass is 79.9. The monoisotopic (exact) mass is 286 g/mol. The van der Waals surface area contributed by atoms with Crippen molar-refractivity contribution in [3.8, 4) is 5.75 Å². The van der Waals surface area contributed by atoms with Crippen LogP contribution in [-0.2, 0) is 5.41 Å². The number of halogens is 1. The zero-order chi connectivity index (χ0) is 11.8. The molecule has 0 bridgehead atoms. The molecule has 0 amide bonds. The summed E-state index contributed by atoms with van der Waals surface area (Å²) in [6.07, 6.45) is 0. The molecule has 0 fully saturated rings. The van der Waals surface area contributed by atoms with Crippen LogP contribution >= 0.6 is 15.9 Å². The zero-order valence-corrected chi connectivity index (χ0v) is 12.8. The van der Waals surface area contributed by atoms with Gasteiger partial charge in [0.2, 0.25) is 0 Å². The summed E-state index contributed by atoms with van der Waals surface area (Å²) >= 11 is 3.51. The van der Waals surface area contributed by atoms with E-state index in [-0.39, 0.29) is 5.41 Å². The van der Waals surface area contributed by atoms with Gasteiger partial charge in [-0.25, -0.2) is 0 Å². The van der Waals surface area contributed by atoms with Crippen LogP contribution in [0.2, 0.25) is 13.1 Å². The Kier molecular flexibility index (Phi) is 3.66. The lowest BCUT2D eigenvalue weighted by atomic mass is 9.86. The Morgan fingerprint density at radius 1 is 1.20 bits per heavy atom. The Balaban J connectivity index is 3.34. The molecule has 3 heteroatoms. The molecule has 0 saturated heterocycles. The van der Waals surface area contributed by atoms with E-state index in [0.717, 1.165) is 10.0 Å². The first kappa shape index (κ1) is 12.8. The second-order valence-corrected chi connectivity index (χ2v) is 8.99. The minimum absolute atomic E-state index is 0.0102. The number of hydrogen-bond acceptors (Lipinski definition) is 1. The van der Waals surface area contributed by atoms with E-state index in [4.69, 9.17) is 0 Å². The lowest BCUT2D eigenvalue weighted by molar-refractivity contribution is 0.444. The third kappa shape index (κ3) is 2.64. The average molecular weight is 287 g/mol. The summed E-state index contributed by atoms with van der Waals surface area (Å²) in [5.41, 5.74) is 0.997. The number of phenolic OH excluding ortho intramolecular Hbond substituents is 1. The largest absolute Gasteiger partial charge is 0.506 e. The number of phenols is 1. The third-order valence-corrected chi connectivity index (χ3v) is 5.56. The Labute approximate surface area is 102 Å². The van der Waals surface area contributed by atoms with E-state index in [0.29, 0.717) is 5.75 Å². The molecule has 0 aromatic heterocycles. The van der Waals surface area contributed by atoms with Gasteiger partial charge >= 0.3 is 0 Å². The SMILES string of the molecule is C[SiH](C)c1ccc(C(C)(C)C)c(O)c1Br. The van der Waals surface area contributed by atoms with E-state index < -0.39 is 8.80 Å². The standard InChI is InChI=1S/C12H19BrOSi/c1-12(2,3)8-6-7-9(15(4)5)10(13)11(8)14/h6-7,14-15H,1-5H3. The van der Waals surface area contributed by atoms with Gasteiger partial charge < -0.3 is 5.11 Å². The topological polar surface area (TPSA) is 20.2 Å². The van der Waals surface area contributed by atoms with E-state index in [1.165, 1.54) is 5.19 Å². The van der Waals surface area contributed by atoms with Gasteiger partial charge in [-0.1, -0.05) is 46.0 Å². The highest BCUT2D eigenvalue weighted by molar-refractivity contribution is 9.10. The van der Waals surface area contributed by atoms with Crippen molar-refractivity contribution in [2.75, 3.05) is 0 Å². The molecule has 0 heterocycles. The molecule has 0 spiro atoms. The fourth-order valence-electron chi connectivity index (χ4n) is 1.63. The first-order valence-corrected chi connectivity index (χ1v) is 8.95. The molecule has 84 valence electrons. The molecule has 0 unspecified atom stereocenters.